The van der Waals surface area contributed by atoms with Gasteiger partial charge in [-0.2, -0.15) is 0 Å². The van der Waals surface area contributed by atoms with Crippen molar-refractivity contribution in [1.82, 2.24) is 0 Å². The van der Waals surface area contributed by atoms with E-state index in [0.717, 1.165) is 11.1 Å². The third-order valence-corrected chi connectivity index (χ3v) is 4.81. The maximum absolute atomic E-state index is 11.8. The highest BCUT2D eigenvalue weighted by molar-refractivity contribution is 9.10. The van der Waals surface area contributed by atoms with Crippen molar-refractivity contribution >= 4 is 45.3 Å². The van der Waals surface area contributed by atoms with E-state index in [4.69, 9.17) is 21.1 Å². The Labute approximate surface area is 170 Å². The van der Waals surface area contributed by atoms with Crippen molar-refractivity contribution in [1.29, 1.82) is 0 Å². The molecule has 2 aromatic carbocycles. The molecule has 5 nitrogen and oxygen atoms in total. The summed E-state index contributed by atoms with van der Waals surface area (Å²) >= 11 is 9.72. The molecule has 2 aromatic rings. The minimum atomic E-state index is -0.472. The van der Waals surface area contributed by atoms with Crippen LogP contribution in [-0.2, 0) is 16.2 Å². The van der Waals surface area contributed by atoms with Crippen LogP contribution in [0, 0.1) is 0 Å². The van der Waals surface area contributed by atoms with Gasteiger partial charge in [-0.25, -0.2) is 4.79 Å². The summed E-state index contributed by atoms with van der Waals surface area (Å²) in [5.41, 5.74) is 2.58. The van der Waals surface area contributed by atoms with Crippen molar-refractivity contribution < 1.29 is 19.1 Å². The van der Waals surface area contributed by atoms with Crippen molar-refractivity contribution in [3.8, 4) is 11.5 Å². The topological polar surface area (TPSA) is 57.1 Å². The summed E-state index contributed by atoms with van der Waals surface area (Å²) < 4.78 is 12.4. The van der Waals surface area contributed by atoms with Gasteiger partial charge in [0, 0.05) is 10.6 Å². The van der Waals surface area contributed by atoms with Crippen molar-refractivity contribution in [2.24, 2.45) is 5.16 Å². The molecule has 140 valence electrons. The molecular formula is C20H17BrClNO4. The number of rotatable bonds is 6. The van der Waals surface area contributed by atoms with E-state index in [1.807, 2.05) is 43.3 Å². The molecule has 0 saturated carbocycles. The first-order valence-corrected chi connectivity index (χ1v) is 9.47. The average molecular weight is 451 g/mol. The van der Waals surface area contributed by atoms with Crippen LogP contribution < -0.4 is 9.47 Å². The lowest BCUT2D eigenvalue weighted by Gasteiger charge is -2.15. The largest absolute Gasteiger partial charge is 0.490 e. The van der Waals surface area contributed by atoms with E-state index in [1.54, 1.807) is 13.0 Å². The van der Waals surface area contributed by atoms with Gasteiger partial charge >= 0.3 is 5.97 Å². The highest BCUT2D eigenvalue weighted by atomic mass is 79.9. The summed E-state index contributed by atoms with van der Waals surface area (Å²) in [7, 11) is 0. The molecule has 0 unspecified atom stereocenters. The van der Waals surface area contributed by atoms with Crippen LogP contribution in [0.5, 0.6) is 11.5 Å². The van der Waals surface area contributed by atoms with Gasteiger partial charge in [-0.05, 0) is 59.6 Å². The summed E-state index contributed by atoms with van der Waals surface area (Å²) in [5.74, 6) is 0.658. The number of ether oxygens (including phenoxy) is 2. The molecule has 1 heterocycles. The van der Waals surface area contributed by atoms with Crippen molar-refractivity contribution in [3.63, 3.8) is 0 Å². The Morgan fingerprint density at radius 3 is 2.70 bits per heavy atom. The Morgan fingerprint density at radius 2 is 2.04 bits per heavy atom. The molecule has 0 spiro atoms. The maximum atomic E-state index is 11.8. The Hall–Kier alpha value is -2.31. The van der Waals surface area contributed by atoms with Gasteiger partial charge in [0.1, 0.15) is 6.61 Å². The number of hydrogen-bond acceptors (Lipinski definition) is 5. The molecule has 0 N–H and O–H groups in total. The normalized spacial score (nSPS) is 14.9. The number of benzene rings is 2. The van der Waals surface area contributed by atoms with Crippen LogP contribution in [0.3, 0.4) is 0 Å². The Kier molecular flexibility index (Phi) is 6.19. The van der Waals surface area contributed by atoms with Gasteiger partial charge in [-0.3, -0.25) is 0 Å². The van der Waals surface area contributed by atoms with Gasteiger partial charge in [0.05, 0.1) is 22.4 Å². The Morgan fingerprint density at radius 1 is 1.26 bits per heavy atom. The second-order valence-electron chi connectivity index (χ2n) is 5.76. The van der Waals surface area contributed by atoms with E-state index in [-0.39, 0.29) is 0 Å². The van der Waals surface area contributed by atoms with Crippen LogP contribution in [-0.4, -0.2) is 18.3 Å². The third kappa shape index (κ3) is 4.51. The molecule has 3 rings (SSSR count). The first-order valence-electron chi connectivity index (χ1n) is 8.30. The average Bonchev–Trinajstić information content (AvgIpc) is 2.95. The molecule has 27 heavy (non-hydrogen) atoms. The second-order valence-corrected chi connectivity index (χ2v) is 7.02. The summed E-state index contributed by atoms with van der Waals surface area (Å²) in [5, 5.41) is 4.32. The molecule has 0 amide bonds. The van der Waals surface area contributed by atoms with Crippen LogP contribution in [0.1, 0.15) is 25.0 Å². The third-order valence-electron chi connectivity index (χ3n) is 3.85. The summed E-state index contributed by atoms with van der Waals surface area (Å²) in [4.78, 5) is 16.4. The van der Waals surface area contributed by atoms with Crippen LogP contribution in [0.25, 0.3) is 6.08 Å². The molecule has 7 heteroatoms. The van der Waals surface area contributed by atoms with E-state index in [0.29, 0.717) is 45.5 Å². The first kappa shape index (κ1) is 19.5. The van der Waals surface area contributed by atoms with Gasteiger partial charge in [0.15, 0.2) is 11.5 Å². The minimum Gasteiger partial charge on any atom is -0.490 e. The molecular weight excluding hydrogens is 434 g/mol. The second kappa shape index (κ2) is 8.59. The van der Waals surface area contributed by atoms with E-state index in [1.165, 1.54) is 0 Å². The molecule has 1 aliphatic heterocycles. The quantitative estimate of drug-likeness (QED) is 0.437. The minimum absolute atomic E-state index is 0.302. The molecule has 0 aliphatic carbocycles. The number of oxime groups is 1. The number of halogens is 2. The lowest BCUT2D eigenvalue weighted by molar-refractivity contribution is -0.136. The maximum Gasteiger partial charge on any atom is 0.367 e. The van der Waals surface area contributed by atoms with Crippen molar-refractivity contribution in [2.45, 2.75) is 20.5 Å². The van der Waals surface area contributed by atoms with Gasteiger partial charge in [0.2, 0.25) is 0 Å². The molecule has 0 bridgehead atoms. The Bertz CT molecular complexity index is 940. The van der Waals surface area contributed by atoms with Crippen LogP contribution in [0.2, 0.25) is 5.02 Å². The van der Waals surface area contributed by atoms with Crippen LogP contribution >= 0.6 is 27.5 Å². The highest BCUT2D eigenvalue weighted by Gasteiger charge is 2.22. The van der Waals surface area contributed by atoms with Gasteiger partial charge < -0.3 is 14.3 Å². The van der Waals surface area contributed by atoms with E-state index in [9.17, 15) is 4.79 Å². The van der Waals surface area contributed by atoms with E-state index >= 15 is 0 Å². The monoisotopic (exact) mass is 449 g/mol. The molecule has 0 aromatic heterocycles. The highest BCUT2D eigenvalue weighted by Crippen LogP contribution is 2.38. The molecule has 0 atom stereocenters. The lowest BCUT2D eigenvalue weighted by atomic mass is 10.1. The fraction of sp³-hybridized carbons (Fsp3) is 0.200. The van der Waals surface area contributed by atoms with Crippen molar-refractivity contribution in [3.05, 3.63) is 62.6 Å². The number of carbonyl (C=O) groups is 1. The standard InChI is InChI=1S/C20H17BrClNO4/c1-3-25-18-10-13(8-15-12(2)23-27-20(15)24)9-16(21)19(18)26-11-14-6-4-5-7-17(14)22/h4-10H,3,11H2,1-2H3/b15-8-. The summed E-state index contributed by atoms with van der Waals surface area (Å²) in [6.45, 7) is 4.38. The van der Waals surface area contributed by atoms with Crippen LogP contribution in [0.15, 0.2) is 51.6 Å². The summed E-state index contributed by atoms with van der Waals surface area (Å²) in [6, 6.07) is 11.2. The van der Waals surface area contributed by atoms with E-state index in [2.05, 4.69) is 25.9 Å². The number of carbonyl (C=O) groups excluding carboxylic acids is 1. The summed E-state index contributed by atoms with van der Waals surface area (Å²) in [6.07, 6.45) is 1.71. The predicted octanol–water partition coefficient (Wildman–Crippen LogP) is 5.40. The van der Waals surface area contributed by atoms with Crippen LogP contribution in [0.4, 0.5) is 0 Å². The van der Waals surface area contributed by atoms with Gasteiger partial charge in [-0.15, -0.1) is 0 Å². The molecule has 0 radical (unpaired) electrons. The number of hydrogen-bond donors (Lipinski definition) is 0. The van der Waals surface area contributed by atoms with Crippen molar-refractivity contribution in [2.75, 3.05) is 6.61 Å². The zero-order valence-electron chi connectivity index (χ0n) is 14.8. The molecule has 0 fully saturated rings. The lowest BCUT2D eigenvalue weighted by Crippen LogP contribution is -2.03. The molecule has 0 saturated heterocycles. The predicted molar refractivity (Wildman–Crippen MR) is 108 cm³/mol. The van der Waals surface area contributed by atoms with Gasteiger partial charge in [-0.1, -0.05) is 35.0 Å². The zero-order chi connectivity index (χ0) is 19.4. The first-order chi connectivity index (χ1) is 13.0. The smallest absolute Gasteiger partial charge is 0.367 e. The fourth-order valence-corrected chi connectivity index (χ4v) is 3.29. The zero-order valence-corrected chi connectivity index (χ0v) is 17.1. The Balaban J connectivity index is 1.91. The number of nitrogens with zero attached hydrogens (tertiary/aromatic N) is 1. The van der Waals surface area contributed by atoms with Gasteiger partial charge in [0.25, 0.3) is 0 Å². The molecule has 1 aliphatic rings. The fourth-order valence-electron chi connectivity index (χ4n) is 2.53. The SMILES string of the molecule is CCOc1cc(/C=C2\C(=O)ON=C2C)cc(Br)c1OCc1ccccc1Cl. The van der Waals surface area contributed by atoms with E-state index < -0.39 is 5.97 Å².